The van der Waals surface area contributed by atoms with Crippen LogP contribution in [0.5, 0.6) is 0 Å². The van der Waals surface area contributed by atoms with Crippen molar-refractivity contribution >= 4 is 46.4 Å². The van der Waals surface area contributed by atoms with Crippen molar-refractivity contribution < 1.29 is 14.4 Å². The number of hydrogen-bond acceptors (Lipinski definition) is 4. The number of ketones is 2. The van der Waals surface area contributed by atoms with Crippen molar-refractivity contribution in [2.75, 3.05) is 4.90 Å². The van der Waals surface area contributed by atoms with E-state index in [4.69, 9.17) is 23.2 Å². The van der Waals surface area contributed by atoms with Gasteiger partial charge in [0, 0.05) is 22.8 Å². The highest BCUT2D eigenvalue weighted by Gasteiger charge is 2.53. The fourth-order valence-electron chi connectivity index (χ4n) is 3.28. The van der Waals surface area contributed by atoms with E-state index in [-0.39, 0.29) is 5.78 Å². The van der Waals surface area contributed by atoms with E-state index >= 15 is 0 Å². The van der Waals surface area contributed by atoms with E-state index in [9.17, 15) is 14.4 Å². The molecule has 7 heteroatoms. The summed E-state index contributed by atoms with van der Waals surface area (Å²) in [7, 11) is 0. The number of aryl methyl sites for hydroxylation is 1. The molecule has 1 aliphatic rings. The van der Waals surface area contributed by atoms with E-state index in [1.54, 1.807) is 44.2 Å². The van der Waals surface area contributed by atoms with E-state index in [0.29, 0.717) is 21.4 Å². The van der Waals surface area contributed by atoms with Gasteiger partial charge in [0.25, 0.3) is 5.91 Å². The second kappa shape index (κ2) is 7.41. The van der Waals surface area contributed by atoms with Crippen LogP contribution in [0.3, 0.4) is 0 Å². The summed E-state index contributed by atoms with van der Waals surface area (Å²) in [6.45, 7) is 5.23. The van der Waals surface area contributed by atoms with Gasteiger partial charge < -0.3 is 0 Å². The van der Waals surface area contributed by atoms with E-state index in [1.807, 2.05) is 6.92 Å². The molecule has 27 heavy (non-hydrogen) atoms. The van der Waals surface area contributed by atoms with Crippen LogP contribution in [0.4, 0.5) is 5.69 Å². The fraction of sp³-hybridized carbons (Fsp3) is 0.300. The molecule has 0 bridgehead atoms. The first-order chi connectivity index (χ1) is 12.7. The van der Waals surface area contributed by atoms with Gasteiger partial charge in [-0.15, -0.1) is 0 Å². The van der Waals surface area contributed by atoms with Crippen molar-refractivity contribution in [2.45, 2.75) is 26.8 Å². The molecule has 1 aromatic carbocycles. The minimum absolute atomic E-state index is 0.294. The Hall–Kier alpha value is -2.24. The second-order valence-corrected chi connectivity index (χ2v) is 7.72. The van der Waals surface area contributed by atoms with Crippen LogP contribution in [-0.2, 0) is 14.4 Å². The van der Waals surface area contributed by atoms with Crippen molar-refractivity contribution in [2.24, 2.45) is 11.8 Å². The quantitative estimate of drug-likeness (QED) is 0.565. The third kappa shape index (κ3) is 3.49. The Morgan fingerprint density at radius 1 is 1.11 bits per heavy atom. The van der Waals surface area contributed by atoms with Crippen LogP contribution in [0.25, 0.3) is 0 Å². The molecular formula is C20H18Cl2N2O3. The molecule has 140 valence electrons. The van der Waals surface area contributed by atoms with E-state index in [0.717, 1.165) is 5.56 Å². The molecule has 2 aromatic rings. The lowest BCUT2D eigenvalue weighted by Gasteiger charge is -2.28. The first-order valence-corrected chi connectivity index (χ1v) is 9.26. The van der Waals surface area contributed by atoms with Crippen LogP contribution >= 0.6 is 23.2 Å². The summed E-state index contributed by atoms with van der Waals surface area (Å²) in [5, 5.41) is 0.851. The Balaban J connectivity index is 2.21. The number of halogens is 2. The van der Waals surface area contributed by atoms with Gasteiger partial charge in [0.2, 0.25) is 5.78 Å². The van der Waals surface area contributed by atoms with Crippen LogP contribution in [0.2, 0.25) is 10.0 Å². The zero-order chi connectivity index (χ0) is 19.9. The molecule has 1 fully saturated rings. The predicted octanol–water partition coefficient (Wildman–Crippen LogP) is 4.20. The van der Waals surface area contributed by atoms with Crippen LogP contribution in [0.15, 0.2) is 36.5 Å². The number of nitrogens with zero attached hydrogens (tertiary/aromatic N) is 2. The van der Waals surface area contributed by atoms with Gasteiger partial charge in [0.15, 0.2) is 0 Å². The molecule has 0 N–H and O–H groups in total. The topological polar surface area (TPSA) is 67.3 Å². The number of anilines is 1. The first-order valence-electron chi connectivity index (χ1n) is 8.51. The van der Waals surface area contributed by atoms with Gasteiger partial charge in [-0.2, -0.15) is 0 Å². The standard InChI is InChI=1S/C20H18Cl2N2O3/c1-10(2)18(25)16-17(14-7-6-13(22)9-23-14)24(20(27)19(16)26)15-8-12(21)5-4-11(15)3/h4-10,16-17H,1-3H3. The number of benzene rings is 1. The molecule has 0 aliphatic carbocycles. The zero-order valence-corrected chi connectivity index (χ0v) is 16.6. The van der Waals surface area contributed by atoms with Crippen molar-refractivity contribution in [3.8, 4) is 0 Å². The number of pyridine rings is 1. The van der Waals surface area contributed by atoms with Crippen LogP contribution in [-0.4, -0.2) is 22.5 Å². The summed E-state index contributed by atoms with van der Waals surface area (Å²) in [6, 6.07) is 7.50. The lowest BCUT2D eigenvalue weighted by molar-refractivity contribution is -0.139. The maximum Gasteiger partial charge on any atom is 0.295 e. The first kappa shape index (κ1) is 19.5. The lowest BCUT2D eigenvalue weighted by atomic mass is 9.86. The zero-order valence-electron chi connectivity index (χ0n) is 15.1. The molecule has 1 aliphatic heterocycles. The molecule has 1 saturated heterocycles. The molecule has 2 unspecified atom stereocenters. The molecule has 1 aromatic heterocycles. The SMILES string of the molecule is Cc1ccc(Cl)cc1N1C(=O)C(=O)C(C(=O)C(C)C)C1c1ccc(Cl)cn1. The summed E-state index contributed by atoms with van der Waals surface area (Å²) in [5.74, 6) is -3.28. The summed E-state index contributed by atoms with van der Waals surface area (Å²) in [5.41, 5.74) is 1.68. The molecule has 2 atom stereocenters. The number of carbonyl (C=O) groups is 3. The lowest BCUT2D eigenvalue weighted by Crippen LogP contribution is -2.32. The molecule has 0 spiro atoms. The van der Waals surface area contributed by atoms with Gasteiger partial charge in [-0.05, 0) is 36.8 Å². The highest BCUT2D eigenvalue weighted by molar-refractivity contribution is 6.48. The Kier molecular flexibility index (Phi) is 5.36. The van der Waals surface area contributed by atoms with Gasteiger partial charge in [-0.3, -0.25) is 24.3 Å². The molecule has 1 amide bonds. The highest BCUT2D eigenvalue weighted by atomic mass is 35.5. The van der Waals surface area contributed by atoms with E-state index < -0.39 is 29.6 Å². The maximum absolute atomic E-state index is 12.9. The van der Waals surface area contributed by atoms with Crippen LogP contribution < -0.4 is 4.90 Å². The summed E-state index contributed by atoms with van der Waals surface area (Å²) in [6.07, 6.45) is 1.43. The van der Waals surface area contributed by atoms with Gasteiger partial charge in [-0.25, -0.2) is 0 Å². The van der Waals surface area contributed by atoms with Crippen molar-refractivity contribution in [1.82, 2.24) is 4.98 Å². The van der Waals surface area contributed by atoms with Crippen LogP contribution in [0.1, 0.15) is 31.1 Å². The fourth-order valence-corrected chi connectivity index (χ4v) is 3.56. The Morgan fingerprint density at radius 2 is 1.78 bits per heavy atom. The predicted molar refractivity (Wildman–Crippen MR) is 104 cm³/mol. The maximum atomic E-state index is 12.9. The largest absolute Gasteiger partial charge is 0.298 e. The minimum atomic E-state index is -1.12. The van der Waals surface area contributed by atoms with Gasteiger partial charge in [-0.1, -0.05) is 43.1 Å². The molecule has 5 nitrogen and oxygen atoms in total. The third-order valence-electron chi connectivity index (χ3n) is 4.67. The molecule has 0 saturated carbocycles. The number of hydrogen-bond donors (Lipinski definition) is 0. The Bertz CT molecular complexity index is 925. The van der Waals surface area contributed by atoms with Gasteiger partial charge in [0.05, 0.1) is 16.8 Å². The van der Waals surface area contributed by atoms with Crippen molar-refractivity contribution in [3.63, 3.8) is 0 Å². The summed E-state index contributed by atoms with van der Waals surface area (Å²) < 4.78 is 0. The smallest absolute Gasteiger partial charge is 0.295 e. The molecule has 2 heterocycles. The Morgan fingerprint density at radius 3 is 2.37 bits per heavy atom. The number of carbonyl (C=O) groups excluding carboxylic acids is 3. The normalized spacial score (nSPS) is 19.9. The Labute approximate surface area is 167 Å². The molecule has 3 rings (SSSR count). The van der Waals surface area contributed by atoms with Gasteiger partial charge >= 0.3 is 0 Å². The molecular weight excluding hydrogens is 387 g/mol. The minimum Gasteiger partial charge on any atom is -0.298 e. The summed E-state index contributed by atoms with van der Waals surface area (Å²) in [4.78, 5) is 44.1. The summed E-state index contributed by atoms with van der Waals surface area (Å²) >= 11 is 12.1. The average molecular weight is 405 g/mol. The number of Topliss-reactive ketones (excluding diaryl/α,β-unsaturated/α-hetero) is 2. The number of aromatic nitrogens is 1. The third-order valence-corrected chi connectivity index (χ3v) is 5.12. The molecule has 0 radical (unpaired) electrons. The van der Waals surface area contributed by atoms with Crippen LogP contribution in [0, 0.1) is 18.8 Å². The average Bonchev–Trinajstić information content (AvgIpc) is 2.88. The van der Waals surface area contributed by atoms with Crippen molar-refractivity contribution in [3.05, 3.63) is 57.8 Å². The second-order valence-electron chi connectivity index (χ2n) is 6.85. The highest BCUT2D eigenvalue weighted by Crippen LogP contribution is 2.42. The van der Waals surface area contributed by atoms with E-state index in [1.165, 1.54) is 11.1 Å². The number of amides is 1. The monoisotopic (exact) mass is 404 g/mol. The van der Waals surface area contributed by atoms with Crippen molar-refractivity contribution in [1.29, 1.82) is 0 Å². The number of rotatable bonds is 4. The van der Waals surface area contributed by atoms with Gasteiger partial charge in [0.1, 0.15) is 11.7 Å². The van der Waals surface area contributed by atoms with E-state index in [2.05, 4.69) is 4.98 Å².